The van der Waals surface area contributed by atoms with Gasteiger partial charge in [-0.3, -0.25) is 4.79 Å². The third-order valence-electron chi connectivity index (χ3n) is 4.86. The third kappa shape index (κ3) is 3.19. The van der Waals surface area contributed by atoms with Gasteiger partial charge in [-0.2, -0.15) is 0 Å². The Hall–Kier alpha value is -2.19. The Morgan fingerprint density at radius 2 is 2.04 bits per heavy atom. The Morgan fingerprint density at radius 3 is 2.84 bits per heavy atom. The number of amides is 1. The van der Waals surface area contributed by atoms with Crippen LogP contribution in [0.1, 0.15) is 0 Å². The molecule has 1 aromatic carbocycles. The minimum atomic E-state index is -3.08. The van der Waals surface area contributed by atoms with Crippen molar-refractivity contribution >= 4 is 15.7 Å². The molecular formula is C17H20N4O3S. The van der Waals surface area contributed by atoms with Crippen molar-refractivity contribution in [2.75, 3.05) is 24.6 Å². The van der Waals surface area contributed by atoms with Crippen molar-refractivity contribution < 1.29 is 13.2 Å². The summed E-state index contributed by atoms with van der Waals surface area (Å²) >= 11 is 0. The summed E-state index contributed by atoms with van der Waals surface area (Å²) in [4.78, 5) is 18.9. The van der Waals surface area contributed by atoms with Crippen molar-refractivity contribution in [1.29, 1.82) is 0 Å². The van der Waals surface area contributed by atoms with E-state index in [1.54, 1.807) is 17.3 Å². The highest BCUT2D eigenvalue weighted by molar-refractivity contribution is 7.91. The normalized spacial score (nSPS) is 24.9. The molecule has 1 aromatic heterocycles. The molecule has 2 aliphatic rings. The number of rotatable bonds is 3. The zero-order chi connectivity index (χ0) is 17.4. The second-order valence-corrected chi connectivity index (χ2v) is 8.69. The smallest absolute Gasteiger partial charge is 0.242 e. The molecule has 0 unspecified atom stereocenters. The fraction of sp³-hybridized carbons (Fsp3) is 0.412. The zero-order valence-electron chi connectivity index (χ0n) is 13.7. The fourth-order valence-corrected chi connectivity index (χ4v) is 5.65. The van der Waals surface area contributed by atoms with Gasteiger partial charge in [-0.15, -0.1) is 0 Å². The molecule has 1 N–H and O–H groups in total. The molecule has 25 heavy (non-hydrogen) atoms. The highest BCUT2D eigenvalue weighted by Gasteiger charge is 2.44. The van der Waals surface area contributed by atoms with Crippen LogP contribution >= 0.6 is 0 Å². The van der Waals surface area contributed by atoms with E-state index in [1.165, 1.54) is 0 Å². The molecule has 2 saturated heterocycles. The van der Waals surface area contributed by atoms with Gasteiger partial charge in [0.05, 0.1) is 17.5 Å². The SMILES string of the molecule is O=C(Cn1ccnc1-c1ccccc1)N1CCN[C@@H]2CS(=O)(=O)C[C@@H]21. The number of carbonyl (C=O) groups excluding carboxylic acids is 1. The van der Waals surface area contributed by atoms with Gasteiger partial charge in [0.25, 0.3) is 0 Å². The highest BCUT2D eigenvalue weighted by Crippen LogP contribution is 2.22. The van der Waals surface area contributed by atoms with Crippen LogP contribution < -0.4 is 5.32 Å². The summed E-state index contributed by atoms with van der Waals surface area (Å²) in [6.45, 7) is 1.32. The van der Waals surface area contributed by atoms with Crippen molar-refractivity contribution in [3.8, 4) is 11.4 Å². The summed E-state index contributed by atoms with van der Waals surface area (Å²) in [5.74, 6) is 0.830. The Morgan fingerprint density at radius 1 is 1.24 bits per heavy atom. The quantitative estimate of drug-likeness (QED) is 0.842. The van der Waals surface area contributed by atoms with Gasteiger partial charge in [0.15, 0.2) is 9.84 Å². The van der Waals surface area contributed by atoms with Crippen molar-refractivity contribution in [3.05, 3.63) is 42.7 Å². The van der Waals surface area contributed by atoms with E-state index in [4.69, 9.17) is 0 Å². The molecule has 2 aliphatic heterocycles. The maximum Gasteiger partial charge on any atom is 0.242 e. The lowest BCUT2D eigenvalue weighted by Crippen LogP contribution is -2.59. The molecule has 132 valence electrons. The summed E-state index contributed by atoms with van der Waals surface area (Å²) in [5.41, 5.74) is 0.946. The number of carbonyl (C=O) groups is 1. The largest absolute Gasteiger partial charge is 0.334 e. The number of nitrogens with one attached hydrogen (secondary N) is 1. The molecule has 2 atom stereocenters. The van der Waals surface area contributed by atoms with Gasteiger partial charge in [-0.05, 0) is 0 Å². The van der Waals surface area contributed by atoms with Crippen LogP contribution in [0, 0.1) is 0 Å². The summed E-state index contributed by atoms with van der Waals surface area (Å²) in [6.07, 6.45) is 3.46. The van der Waals surface area contributed by atoms with E-state index in [0.717, 1.165) is 11.4 Å². The molecule has 0 spiro atoms. The second kappa shape index (κ2) is 6.27. The number of fused-ring (bicyclic) bond motifs is 1. The van der Waals surface area contributed by atoms with Crippen molar-refractivity contribution in [3.63, 3.8) is 0 Å². The van der Waals surface area contributed by atoms with E-state index in [0.29, 0.717) is 13.1 Å². The van der Waals surface area contributed by atoms with E-state index in [9.17, 15) is 13.2 Å². The Labute approximate surface area is 146 Å². The van der Waals surface area contributed by atoms with Gasteiger partial charge >= 0.3 is 0 Å². The lowest BCUT2D eigenvalue weighted by Gasteiger charge is -2.37. The van der Waals surface area contributed by atoms with E-state index >= 15 is 0 Å². The molecule has 3 heterocycles. The number of piperazine rings is 1. The maximum atomic E-state index is 12.9. The van der Waals surface area contributed by atoms with E-state index in [1.807, 2.05) is 34.9 Å². The molecule has 7 nitrogen and oxygen atoms in total. The minimum Gasteiger partial charge on any atom is -0.334 e. The number of nitrogens with zero attached hydrogens (tertiary/aromatic N) is 3. The molecule has 8 heteroatoms. The first-order valence-electron chi connectivity index (χ1n) is 8.33. The van der Waals surface area contributed by atoms with Crippen molar-refractivity contribution in [1.82, 2.24) is 19.8 Å². The van der Waals surface area contributed by atoms with Gasteiger partial charge in [-0.25, -0.2) is 13.4 Å². The summed E-state index contributed by atoms with van der Waals surface area (Å²) < 4.78 is 25.7. The van der Waals surface area contributed by atoms with Crippen LogP contribution in [0.5, 0.6) is 0 Å². The molecule has 2 aromatic rings. The summed E-state index contributed by atoms with van der Waals surface area (Å²) in [5, 5.41) is 3.23. The van der Waals surface area contributed by atoms with E-state index in [2.05, 4.69) is 10.3 Å². The monoisotopic (exact) mass is 360 g/mol. The third-order valence-corrected chi connectivity index (χ3v) is 6.57. The highest BCUT2D eigenvalue weighted by atomic mass is 32.2. The molecule has 0 bridgehead atoms. The van der Waals surface area contributed by atoms with E-state index in [-0.39, 0.29) is 36.0 Å². The van der Waals surface area contributed by atoms with Crippen LogP contribution in [-0.4, -0.2) is 65.5 Å². The van der Waals surface area contributed by atoms with Crippen LogP contribution in [0.25, 0.3) is 11.4 Å². The fourth-order valence-electron chi connectivity index (χ4n) is 3.70. The number of hydrogen-bond donors (Lipinski definition) is 1. The molecule has 4 rings (SSSR count). The zero-order valence-corrected chi connectivity index (χ0v) is 14.5. The maximum absolute atomic E-state index is 12.9. The van der Waals surface area contributed by atoms with Gasteiger partial charge in [0.2, 0.25) is 5.91 Å². The van der Waals surface area contributed by atoms with Gasteiger partial charge < -0.3 is 14.8 Å². The first kappa shape index (κ1) is 16.3. The summed E-state index contributed by atoms with van der Waals surface area (Å²) in [6, 6.07) is 9.28. The molecular weight excluding hydrogens is 340 g/mol. The lowest BCUT2D eigenvalue weighted by molar-refractivity contribution is -0.135. The first-order valence-corrected chi connectivity index (χ1v) is 10.2. The number of sulfone groups is 1. The Bertz CT molecular complexity index is 878. The number of benzene rings is 1. The number of imidazole rings is 1. The van der Waals surface area contributed by atoms with Crippen LogP contribution in [0.4, 0.5) is 0 Å². The predicted octanol–water partition coefficient (Wildman–Crippen LogP) is 0.148. The van der Waals surface area contributed by atoms with Crippen LogP contribution in [-0.2, 0) is 21.2 Å². The molecule has 0 radical (unpaired) electrons. The average molecular weight is 360 g/mol. The van der Waals surface area contributed by atoms with Gasteiger partial charge in [0, 0.05) is 37.1 Å². The Kier molecular flexibility index (Phi) is 4.09. The predicted molar refractivity (Wildman–Crippen MR) is 93.6 cm³/mol. The summed E-state index contributed by atoms with van der Waals surface area (Å²) in [7, 11) is -3.08. The second-order valence-electron chi connectivity index (χ2n) is 6.54. The molecule has 0 saturated carbocycles. The van der Waals surface area contributed by atoms with Crippen LogP contribution in [0.15, 0.2) is 42.7 Å². The first-order chi connectivity index (χ1) is 12.0. The number of aromatic nitrogens is 2. The van der Waals surface area contributed by atoms with Gasteiger partial charge in [0.1, 0.15) is 12.4 Å². The van der Waals surface area contributed by atoms with E-state index < -0.39 is 9.84 Å². The Balaban J connectivity index is 1.54. The molecule has 0 aliphatic carbocycles. The average Bonchev–Trinajstić information content (AvgIpc) is 3.17. The number of hydrogen-bond acceptors (Lipinski definition) is 5. The minimum absolute atomic E-state index is 0.0475. The molecule has 1 amide bonds. The van der Waals surface area contributed by atoms with Crippen LogP contribution in [0.3, 0.4) is 0 Å². The topological polar surface area (TPSA) is 84.3 Å². The molecule has 2 fully saturated rings. The lowest BCUT2D eigenvalue weighted by atomic mass is 10.1. The standard InChI is InChI=1S/C17H20N4O3S/c22-16(21-9-7-18-14-11-25(23,24)12-15(14)21)10-20-8-6-19-17(20)13-4-2-1-3-5-13/h1-6,8,14-15,18H,7,9-12H2/t14-,15+/m1/s1. The van der Waals surface area contributed by atoms with Crippen molar-refractivity contribution in [2.24, 2.45) is 0 Å². The van der Waals surface area contributed by atoms with Crippen LogP contribution in [0.2, 0.25) is 0 Å². The van der Waals surface area contributed by atoms with Crippen molar-refractivity contribution in [2.45, 2.75) is 18.6 Å². The van der Waals surface area contributed by atoms with Gasteiger partial charge in [-0.1, -0.05) is 30.3 Å².